The van der Waals surface area contributed by atoms with Crippen molar-refractivity contribution >= 4 is 73.8 Å². The molecule has 3 rings (SSSR count). The number of nitrogens with zero attached hydrogens (tertiary/aromatic N) is 1. The summed E-state index contributed by atoms with van der Waals surface area (Å²) in [5.41, 5.74) is 31.1. The van der Waals surface area contributed by atoms with Crippen LogP contribution in [0, 0.1) is 17.8 Å². The summed E-state index contributed by atoms with van der Waals surface area (Å²) < 4.78 is 0. The van der Waals surface area contributed by atoms with E-state index >= 15 is 0 Å². The first-order valence-corrected chi connectivity index (χ1v) is 32.4. The average Bonchev–Trinajstić information content (AvgIpc) is 2.12. The van der Waals surface area contributed by atoms with Crippen LogP contribution in [-0.4, -0.2) is 145 Å². The van der Waals surface area contributed by atoms with Crippen LogP contribution in [0.2, 0.25) is 0 Å². The molecule has 98 heavy (non-hydrogen) atoms. The van der Waals surface area contributed by atoms with Crippen molar-refractivity contribution in [2.75, 3.05) is 55.4 Å². The van der Waals surface area contributed by atoms with Crippen molar-refractivity contribution in [1.29, 1.82) is 0 Å². The van der Waals surface area contributed by atoms with Gasteiger partial charge in [0.1, 0.15) is 67.9 Å². The molecule has 0 aromatic heterocycles. The third kappa shape index (κ3) is 551. The number of piperidine rings is 1. The highest BCUT2D eigenvalue weighted by Crippen LogP contribution is 2.07. The first-order valence-electron chi connectivity index (χ1n) is 32.4. The number of nitrogens with two attached hydrogens (primary N) is 6. The van der Waals surface area contributed by atoms with Crippen molar-refractivity contribution in [3.63, 3.8) is 0 Å². The molecule has 1 amide bonds. The Kier molecular flexibility index (Phi) is 737. The molecule has 1 aliphatic rings. The molecule has 0 saturated carbocycles. The SMILES string of the molecule is C=C(C)CC.C=O.C=O.C=O.C=O.C=O.C=O.C=O.C=O.C=O.C=O.CC.CC.CC.CC.CC(=O)N1CCCCC1.CC(C)O.CCC(C)C.CCC(C)C.CCC(C)C.CCCCC.CCc1ccccc1.CCc1ccccc1.CN.CN.CN.CN.CN.CN.N.N.N.N.[HH].[HH]. The van der Waals surface area contributed by atoms with Gasteiger partial charge in [0.2, 0.25) is 5.91 Å². The van der Waals surface area contributed by atoms with E-state index in [9.17, 15) is 4.79 Å². The van der Waals surface area contributed by atoms with Crippen LogP contribution in [0.3, 0.4) is 0 Å². The van der Waals surface area contributed by atoms with Gasteiger partial charge in [-0.3, -0.25) is 4.79 Å². The Balaban J connectivity index is -0.0000000163. The third-order valence-corrected chi connectivity index (χ3v) is 8.06. The Labute approximate surface area is 616 Å². The van der Waals surface area contributed by atoms with Crippen LogP contribution in [0.5, 0.6) is 0 Å². The fraction of sp³-hybridized carbons (Fsp3) is 0.667. The van der Waals surface area contributed by atoms with Crippen LogP contribution in [-0.2, 0) is 65.6 Å². The molecule has 2 aromatic carbocycles. The minimum Gasteiger partial charge on any atom is -0.394 e. The zero-order valence-corrected chi connectivity index (χ0v) is 71.4. The molecule has 0 bridgehead atoms. The van der Waals surface area contributed by atoms with Crippen LogP contribution in [0.4, 0.5) is 0 Å². The topological polar surface area (TPSA) is 507 Å². The van der Waals surface area contributed by atoms with Gasteiger partial charge >= 0.3 is 0 Å². The number of likely N-dealkylation sites (tertiary alicyclic amines) is 1. The van der Waals surface area contributed by atoms with Crippen LogP contribution in [0.25, 0.3) is 0 Å². The first-order chi connectivity index (χ1) is 45.4. The summed E-state index contributed by atoms with van der Waals surface area (Å²) in [5.74, 6) is 2.88. The van der Waals surface area contributed by atoms with Crippen LogP contribution in [0.1, 0.15) is 258 Å². The largest absolute Gasteiger partial charge is 0.394 e. The first kappa shape index (κ1) is 198. The summed E-state index contributed by atoms with van der Waals surface area (Å²) in [6.07, 6.45) is 14.9. The van der Waals surface area contributed by atoms with Gasteiger partial charge < -0.3 is 117 Å². The molecule has 23 heteroatoms. The van der Waals surface area contributed by atoms with E-state index in [1.165, 1.54) is 117 Å². The van der Waals surface area contributed by atoms with Gasteiger partial charge in [-0.2, -0.15) is 0 Å². The molecule has 1 aliphatic heterocycles. The summed E-state index contributed by atoms with van der Waals surface area (Å²) in [6.45, 7) is 79.5. The summed E-state index contributed by atoms with van der Waals surface area (Å²) >= 11 is 0. The second-order valence-corrected chi connectivity index (χ2v) is 15.4. The van der Waals surface area contributed by atoms with Crippen molar-refractivity contribution in [2.24, 2.45) is 52.2 Å². The average molecular weight is 1440 g/mol. The highest BCUT2D eigenvalue weighted by molar-refractivity contribution is 5.73. The van der Waals surface area contributed by atoms with Crippen molar-refractivity contribution < 1.29 is 60.7 Å². The van der Waals surface area contributed by atoms with E-state index in [0.29, 0.717) is 0 Å². The number of amides is 1. The predicted octanol–water partition coefficient (Wildman–Crippen LogP) is 17.1. The van der Waals surface area contributed by atoms with Crippen LogP contribution in [0.15, 0.2) is 72.8 Å². The van der Waals surface area contributed by atoms with Gasteiger partial charge in [0.25, 0.3) is 0 Å². The third-order valence-electron chi connectivity index (χ3n) is 8.06. The van der Waals surface area contributed by atoms with Crippen LogP contribution < -0.4 is 59.0 Å². The highest BCUT2D eigenvalue weighted by atomic mass is 16.3. The van der Waals surface area contributed by atoms with E-state index in [1.54, 1.807) is 20.8 Å². The normalized spacial score (nSPS) is 6.99. The molecule has 0 atom stereocenters. The molecule has 2 aromatic rings. The maximum absolute atomic E-state index is 10.7. The predicted molar refractivity (Wildman–Crippen MR) is 452 cm³/mol. The maximum Gasteiger partial charge on any atom is 0.219 e. The van der Waals surface area contributed by atoms with E-state index in [1.807, 2.05) is 147 Å². The number of rotatable bonds is 8. The summed E-state index contributed by atoms with van der Waals surface area (Å²) in [5, 5.41) is 8.06. The molecule has 0 radical (unpaired) electrons. The lowest BCUT2D eigenvalue weighted by molar-refractivity contribution is -0.129. The Morgan fingerprint density at radius 2 is 0.531 bits per heavy atom. The van der Waals surface area contributed by atoms with Gasteiger partial charge in [0, 0.05) is 29.0 Å². The molecule has 23 nitrogen and oxygen atoms in total. The molecule has 0 unspecified atom stereocenters. The molecule has 1 heterocycles. The molecule has 1 saturated heterocycles. The fourth-order valence-corrected chi connectivity index (χ4v) is 2.99. The number of carbonyl (C=O) groups is 11. The van der Waals surface area contributed by atoms with Gasteiger partial charge in [0.15, 0.2) is 0 Å². The molecular weight excluding hydrogens is 1250 g/mol. The van der Waals surface area contributed by atoms with E-state index < -0.39 is 0 Å². The van der Waals surface area contributed by atoms with Crippen molar-refractivity contribution in [3.05, 3.63) is 83.9 Å². The monoisotopic (exact) mass is 1440 g/mol. The number of hydrogen-bond acceptors (Lipinski definition) is 22. The number of aryl methyl sites for hydroxylation is 2. The molecular formula is C75H189N11O12. The summed E-state index contributed by atoms with van der Waals surface area (Å²) in [7, 11) is 9.00. The molecule has 1 fully saturated rings. The number of benzene rings is 2. The standard InChI is InChI=1S/2C8H10.C7H13NO.3C5H12.C5H10.C5H12.C3H8O.4C2H6.6CH5N.10CH2O.4H3N.2H2/c2*1-2-8-6-4-3-5-7-8;1-7(9)8-5-3-2-4-6-8;4*1-4-5(2)3;1-3-5-4-2;1-3(2)4;20*1-2;;;;;;/h2*3-7H,2H2,1H3;2-6H2,1H3;3*5H,4H2,1-3H3;2,4H2,1,3H3;3-5H2,1-2H3;3-4H,1-2H3;4*1-2H3;6*2H2,1H3;10*1H2;4*1H3;2*1H. The minimum absolute atomic E-state index is 0. The lowest BCUT2D eigenvalue weighted by Gasteiger charge is -2.24. The Morgan fingerprint density at radius 1 is 0.388 bits per heavy atom. The Morgan fingerprint density at radius 3 is 0.592 bits per heavy atom. The van der Waals surface area contributed by atoms with Crippen molar-refractivity contribution in [3.8, 4) is 0 Å². The molecule has 0 aliphatic carbocycles. The number of allylic oxidation sites excluding steroid dienone is 1. The van der Waals surface area contributed by atoms with Gasteiger partial charge in [-0.05, 0) is 130 Å². The lowest BCUT2D eigenvalue weighted by atomic mass is 10.1. The van der Waals surface area contributed by atoms with E-state index in [0.717, 1.165) is 50.1 Å². The maximum atomic E-state index is 10.7. The molecule has 616 valence electrons. The second kappa shape index (κ2) is 364. The zero-order valence-electron chi connectivity index (χ0n) is 71.4. The zero-order chi connectivity index (χ0) is 83.2. The number of carbonyl (C=O) groups excluding carboxylic acids is 11. The number of unbranched alkanes of at least 4 members (excludes halogenated alkanes) is 2. The van der Waals surface area contributed by atoms with Crippen LogP contribution >= 0.6 is 0 Å². The summed E-state index contributed by atoms with van der Waals surface area (Å²) in [6, 6.07) is 20.9. The van der Waals surface area contributed by atoms with E-state index in [4.69, 9.17) is 53.1 Å². The smallest absolute Gasteiger partial charge is 0.219 e. The van der Waals surface area contributed by atoms with Crippen molar-refractivity contribution in [1.82, 2.24) is 29.5 Å². The number of hydrogen-bond donors (Lipinski definition) is 11. The van der Waals surface area contributed by atoms with E-state index in [2.05, 4.69) is 186 Å². The van der Waals surface area contributed by atoms with Gasteiger partial charge in [0.05, 0.1) is 0 Å². The lowest BCUT2D eigenvalue weighted by Crippen LogP contribution is -2.33. The number of aliphatic hydroxyl groups is 1. The molecule has 0 spiro atoms. The van der Waals surface area contributed by atoms with Gasteiger partial charge in [-0.1, -0.05) is 257 Å². The second-order valence-electron chi connectivity index (χ2n) is 15.4. The van der Waals surface area contributed by atoms with Gasteiger partial charge in [-0.15, -0.1) is 6.58 Å². The minimum atomic E-state index is -0.167. The highest BCUT2D eigenvalue weighted by Gasteiger charge is 2.11. The Bertz CT molecular complexity index is 1080. The Hall–Kier alpha value is -6.09. The quantitative estimate of drug-likeness (QED) is 0.109. The van der Waals surface area contributed by atoms with Crippen molar-refractivity contribution in [2.45, 2.75) is 263 Å². The molecule has 25 N–H and O–H groups in total. The fourth-order valence-electron chi connectivity index (χ4n) is 2.99. The van der Waals surface area contributed by atoms with E-state index in [-0.39, 0.29) is 39.5 Å². The summed E-state index contributed by atoms with van der Waals surface area (Å²) in [4.78, 5) is 92.6. The van der Waals surface area contributed by atoms with Gasteiger partial charge in [-0.25, -0.2) is 0 Å². The number of aliphatic hydroxyl groups excluding tert-OH is 1.